The number of ether oxygens (including phenoxy) is 2. The number of aromatic nitrogens is 2. The van der Waals surface area contributed by atoms with Gasteiger partial charge in [-0.25, -0.2) is 0 Å². The molecule has 3 N–H and O–H groups in total. The number of rotatable bonds is 5. The van der Waals surface area contributed by atoms with E-state index in [1.54, 1.807) is 55.5 Å². The number of benzene rings is 2. The quantitative estimate of drug-likeness (QED) is 0.537. The number of aromatic amines is 1. The Morgan fingerprint density at radius 2 is 1.91 bits per heavy atom. The Hall–Kier alpha value is -4.34. The standard InChI is InChI=1S/C24H23N5O5/c1-33-20-8-5-13(10-21(20)34-2)17-12-18(28-27-17)22(30)25-14-6-7-16-15(11-14)24(32)29-9-3-4-19(29)23(31)26-16/h5-8,10-12,19H,3-4,9H2,1-2H3,(H,25,30)(H,26,31)(H,27,28)/t19-/m1/s1. The van der Waals surface area contributed by atoms with E-state index < -0.39 is 11.9 Å². The summed E-state index contributed by atoms with van der Waals surface area (Å²) in [5.74, 6) is 0.332. The van der Waals surface area contributed by atoms with Gasteiger partial charge in [-0.15, -0.1) is 0 Å². The number of nitrogens with zero attached hydrogens (tertiary/aromatic N) is 2. The molecule has 2 aliphatic rings. The van der Waals surface area contributed by atoms with Gasteiger partial charge in [0.1, 0.15) is 11.7 Å². The molecule has 1 fully saturated rings. The van der Waals surface area contributed by atoms with E-state index >= 15 is 0 Å². The number of amides is 3. The molecule has 0 radical (unpaired) electrons. The van der Waals surface area contributed by atoms with Gasteiger partial charge >= 0.3 is 0 Å². The molecule has 5 rings (SSSR count). The minimum atomic E-state index is -0.446. The van der Waals surface area contributed by atoms with Gasteiger partial charge in [0, 0.05) is 17.8 Å². The highest BCUT2D eigenvalue weighted by Crippen LogP contribution is 2.32. The Kier molecular flexibility index (Phi) is 5.40. The number of methoxy groups -OCH3 is 2. The lowest BCUT2D eigenvalue weighted by Crippen LogP contribution is -2.40. The van der Waals surface area contributed by atoms with Crippen LogP contribution < -0.4 is 20.1 Å². The number of fused-ring (bicyclic) bond motifs is 2. The van der Waals surface area contributed by atoms with Gasteiger partial charge in [-0.3, -0.25) is 19.5 Å². The molecule has 10 nitrogen and oxygen atoms in total. The van der Waals surface area contributed by atoms with Crippen LogP contribution in [0.1, 0.15) is 33.7 Å². The van der Waals surface area contributed by atoms with Crippen molar-refractivity contribution in [3.8, 4) is 22.8 Å². The first-order chi connectivity index (χ1) is 16.5. The van der Waals surface area contributed by atoms with Crippen LogP contribution in [0.25, 0.3) is 11.3 Å². The molecule has 10 heteroatoms. The molecule has 3 amide bonds. The summed E-state index contributed by atoms with van der Waals surface area (Å²) in [4.78, 5) is 39.9. The average molecular weight is 461 g/mol. The maximum atomic E-state index is 13.0. The van der Waals surface area contributed by atoms with Crippen molar-refractivity contribution in [1.82, 2.24) is 15.1 Å². The summed E-state index contributed by atoms with van der Waals surface area (Å²) < 4.78 is 10.6. The van der Waals surface area contributed by atoms with E-state index in [1.807, 2.05) is 6.07 Å². The summed E-state index contributed by atoms with van der Waals surface area (Å²) >= 11 is 0. The van der Waals surface area contributed by atoms with Gasteiger partial charge in [0.05, 0.1) is 31.2 Å². The van der Waals surface area contributed by atoms with Crippen LogP contribution in [0.2, 0.25) is 0 Å². The zero-order valence-corrected chi connectivity index (χ0v) is 18.7. The maximum Gasteiger partial charge on any atom is 0.273 e. The van der Waals surface area contributed by atoms with Crippen LogP contribution in [0, 0.1) is 0 Å². The van der Waals surface area contributed by atoms with E-state index in [1.165, 1.54) is 0 Å². The molecule has 3 heterocycles. The lowest BCUT2D eigenvalue weighted by atomic mass is 10.1. The Balaban J connectivity index is 1.36. The second-order valence-corrected chi connectivity index (χ2v) is 8.10. The average Bonchev–Trinajstić information content (AvgIpc) is 3.53. The van der Waals surface area contributed by atoms with Gasteiger partial charge in [-0.05, 0) is 55.3 Å². The Labute approximate surface area is 195 Å². The monoisotopic (exact) mass is 461 g/mol. The molecule has 2 aliphatic heterocycles. The molecule has 1 atom stereocenters. The van der Waals surface area contributed by atoms with Crippen molar-refractivity contribution in [2.75, 3.05) is 31.4 Å². The number of hydrogen-bond acceptors (Lipinski definition) is 6. The van der Waals surface area contributed by atoms with Gasteiger partial charge in [0.2, 0.25) is 5.91 Å². The van der Waals surface area contributed by atoms with Gasteiger partial charge in [-0.1, -0.05) is 0 Å². The van der Waals surface area contributed by atoms with E-state index in [-0.39, 0.29) is 17.5 Å². The van der Waals surface area contributed by atoms with Crippen LogP contribution >= 0.6 is 0 Å². The maximum absolute atomic E-state index is 13.0. The lowest BCUT2D eigenvalue weighted by molar-refractivity contribution is -0.119. The third-order valence-electron chi connectivity index (χ3n) is 6.08. The second kappa shape index (κ2) is 8.54. The first kappa shape index (κ1) is 21.5. The fourth-order valence-electron chi connectivity index (χ4n) is 4.34. The van der Waals surface area contributed by atoms with Crippen molar-refractivity contribution in [2.24, 2.45) is 0 Å². The molecular formula is C24H23N5O5. The van der Waals surface area contributed by atoms with Crippen molar-refractivity contribution < 1.29 is 23.9 Å². The summed E-state index contributed by atoms with van der Waals surface area (Å²) in [6.45, 7) is 0.542. The lowest BCUT2D eigenvalue weighted by Gasteiger charge is -2.20. The predicted molar refractivity (Wildman–Crippen MR) is 124 cm³/mol. The molecule has 174 valence electrons. The van der Waals surface area contributed by atoms with Crippen LogP contribution in [0.3, 0.4) is 0 Å². The molecule has 0 aliphatic carbocycles. The van der Waals surface area contributed by atoms with Gasteiger partial charge in [0.15, 0.2) is 11.5 Å². The molecule has 0 spiro atoms. The fourth-order valence-corrected chi connectivity index (χ4v) is 4.34. The van der Waals surface area contributed by atoms with Crippen molar-refractivity contribution in [2.45, 2.75) is 18.9 Å². The number of carbonyl (C=O) groups excluding carboxylic acids is 3. The zero-order chi connectivity index (χ0) is 23.8. The Morgan fingerprint density at radius 3 is 2.71 bits per heavy atom. The summed E-state index contributed by atoms with van der Waals surface area (Å²) in [5.41, 5.74) is 2.79. The van der Waals surface area contributed by atoms with Crippen molar-refractivity contribution in [3.63, 3.8) is 0 Å². The van der Waals surface area contributed by atoms with Crippen LogP contribution in [-0.2, 0) is 4.79 Å². The number of carbonyl (C=O) groups is 3. The summed E-state index contributed by atoms with van der Waals surface area (Å²) in [6, 6.07) is 11.4. The highest BCUT2D eigenvalue weighted by Gasteiger charge is 2.38. The van der Waals surface area contributed by atoms with Crippen LogP contribution in [0.15, 0.2) is 42.5 Å². The summed E-state index contributed by atoms with van der Waals surface area (Å²) in [7, 11) is 3.10. The number of anilines is 2. The molecule has 1 aromatic heterocycles. The van der Waals surface area contributed by atoms with E-state index in [2.05, 4.69) is 20.8 Å². The highest BCUT2D eigenvalue weighted by molar-refractivity contribution is 6.11. The van der Waals surface area contributed by atoms with E-state index in [0.29, 0.717) is 47.1 Å². The van der Waals surface area contributed by atoms with E-state index in [4.69, 9.17) is 9.47 Å². The molecule has 3 aromatic rings. The van der Waals surface area contributed by atoms with Crippen molar-refractivity contribution in [3.05, 3.63) is 53.7 Å². The second-order valence-electron chi connectivity index (χ2n) is 8.10. The third-order valence-corrected chi connectivity index (χ3v) is 6.08. The summed E-state index contributed by atoms with van der Waals surface area (Å²) in [6.07, 6.45) is 1.44. The van der Waals surface area contributed by atoms with Crippen molar-refractivity contribution >= 4 is 29.1 Å². The Bertz CT molecular complexity index is 1300. The first-order valence-corrected chi connectivity index (χ1v) is 10.8. The van der Waals surface area contributed by atoms with Crippen LogP contribution in [0.4, 0.5) is 11.4 Å². The van der Waals surface area contributed by atoms with Gasteiger partial charge < -0.3 is 25.0 Å². The normalized spacial score (nSPS) is 16.9. The van der Waals surface area contributed by atoms with E-state index in [0.717, 1.165) is 12.0 Å². The summed E-state index contributed by atoms with van der Waals surface area (Å²) in [5, 5.41) is 12.6. The number of nitrogens with one attached hydrogen (secondary N) is 3. The van der Waals surface area contributed by atoms with Gasteiger partial charge in [-0.2, -0.15) is 5.10 Å². The molecule has 0 unspecified atom stereocenters. The van der Waals surface area contributed by atoms with Crippen LogP contribution in [0.5, 0.6) is 11.5 Å². The largest absolute Gasteiger partial charge is 0.493 e. The first-order valence-electron chi connectivity index (χ1n) is 10.8. The number of H-pyrrole nitrogens is 1. The molecule has 2 aromatic carbocycles. The van der Waals surface area contributed by atoms with Gasteiger partial charge in [0.25, 0.3) is 11.8 Å². The highest BCUT2D eigenvalue weighted by atomic mass is 16.5. The minimum absolute atomic E-state index is 0.179. The Morgan fingerprint density at radius 1 is 1.09 bits per heavy atom. The number of hydrogen-bond donors (Lipinski definition) is 3. The topological polar surface area (TPSA) is 126 Å². The molecule has 1 saturated heterocycles. The zero-order valence-electron chi connectivity index (χ0n) is 18.7. The smallest absolute Gasteiger partial charge is 0.273 e. The van der Waals surface area contributed by atoms with Crippen molar-refractivity contribution in [1.29, 1.82) is 0 Å². The molecule has 0 bridgehead atoms. The third kappa shape index (κ3) is 3.72. The molecular weight excluding hydrogens is 438 g/mol. The minimum Gasteiger partial charge on any atom is -0.493 e. The predicted octanol–water partition coefficient (Wildman–Crippen LogP) is 2.90. The fraction of sp³-hybridized carbons (Fsp3) is 0.250. The SMILES string of the molecule is COc1ccc(-c2cc(C(=O)Nc3ccc4c(c3)C(=O)N3CCC[C@@H]3C(=O)N4)[nH]n2)cc1OC. The van der Waals surface area contributed by atoms with E-state index in [9.17, 15) is 14.4 Å². The van der Waals surface area contributed by atoms with Crippen LogP contribution in [-0.4, -0.2) is 59.6 Å². The molecule has 0 saturated carbocycles. The molecule has 34 heavy (non-hydrogen) atoms.